The van der Waals surface area contributed by atoms with Gasteiger partial charge in [-0.2, -0.15) is 0 Å². The summed E-state index contributed by atoms with van der Waals surface area (Å²) >= 11 is 1.94. The first kappa shape index (κ1) is 17.8. The fraction of sp³-hybridized carbons (Fsp3) is 0.714. The van der Waals surface area contributed by atoms with Gasteiger partial charge in [0, 0.05) is 18.0 Å². The summed E-state index contributed by atoms with van der Waals surface area (Å²) in [6, 6.07) is 0. The van der Waals surface area contributed by atoms with Gasteiger partial charge >= 0.3 is 0 Å². The molecule has 1 atom stereocenters. The third-order valence-electron chi connectivity index (χ3n) is 6.41. The van der Waals surface area contributed by atoms with Crippen molar-refractivity contribution in [3.63, 3.8) is 0 Å². The molecule has 1 N–H and O–H groups in total. The largest absolute Gasteiger partial charge is 0.370 e. The Morgan fingerprint density at radius 2 is 2.00 bits per heavy atom. The number of piperidine rings is 1. The van der Waals surface area contributed by atoms with E-state index in [9.17, 15) is 0 Å². The number of nitrogens with zero attached hydrogens (tertiary/aromatic N) is 3. The number of ether oxygens (including phenoxy) is 1. The van der Waals surface area contributed by atoms with Crippen LogP contribution in [0.3, 0.4) is 0 Å². The lowest BCUT2D eigenvalue weighted by atomic mass is 9.96. The van der Waals surface area contributed by atoms with Crippen LogP contribution in [-0.2, 0) is 24.1 Å². The van der Waals surface area contributed by atoms with E-state index in [2.05, 4.69) is 11.8 Å². The highest BCUT2D eigenvalue weighted by Crippen LogP contribution is 2.40. The number of hydrogen-bond acceptors (Lipinski definition) is 5. The molecule has 2 aromatic rings. The molecule has 27 heavy (non-hydrogen) atoms. The molecule has 0 amide bonds. The summed E-state index contributed by atoms with van der Waals surface area (Å²) in [5.74, 6) is 3.03. The molecule has 2 aromatic heterocycles. The third kappa shape index (κ3) is 3.59. The molecule has 0 saturated carbocycles. The van der Waals surface area contributed by atoms with Gasteiger partial charge in [0.1, 0.15) is 30.3 Å². The second-order valence-electron chi connectivity index (χ2n) is 8.59. The molecule has 1 aliphatic carbocycles. The molecule has 0 aromatic carbocycles. The third-order valence-corrected chi connectivity index (χ3v) is 7.59. The standard InChI is InChI=1S/C21H30N4OS/c1-15-5-4-8-25(13-15)20-19-16-6-2-3-7-17(16)27-21(19)23-18(22-20)14-24-9-11-26-12-10-24/h15H,2-14H2,1H3/p+1/t15-/m1/s1. The van der Waals surface area contributed by atoms with Gasteiger partial charge < -0.3 is 14.5 Å². The number of rotatable bonds is 3. The summed E-state index contributed by atoms with van der Waals surface area (Å²) in [6.07, 6.45) is 7.71. The van der Waals surface area contributed by atoms with Gasteiger partial charge in [0.2, 0.25) is 0 Å². The topological polar surface area (TPSA) is 42.7 Å². The fourth-order valence-electron chi connectivity index (χ4n) is 4.93. The van der Waals surface area contributed by atoms with Crippen LogP contribution < -0.4 is 9.80 Å². The molecule has 5 rings (SSSR count). The van der Waals surface area contributed by atoms with Crippen molar-refractivity contribution in [3.8, 4) is 0 Å². The Kier molecular flexibility index (Phi) is 5.05. The van der Waals surface area contributed by atoms with Crippen LogP contribution in [0, 0.1) is 5.92 Å². The summed E-state index contributed by atoms with van der Waals surface area (Å²) in [6.45, 7) is 9.45. The van der Waals surface area contributed by atoms with E-state index in [0.717, 1.165) is 57.7 Å². The maximum absolute atomic E-state index is 5.53. The van der Waals surface area contributed by atoms with Gasteiger partial charge in [-0.15, -0.1) is 11.3 Å². The highest BCUT2D eigenvalue weighted by molar-refractivity contribution is 7.19. The lowest BCUT2D eigenvalue weighted by molar-refractivity contribution is -0.922. The van der Waals surface area contributed by atoms with Crippen LogP contribution in [0.1, 0.15) is 48.9 Å². The number of aromatic nitrogens is 2. The van der Waals surface area contributed by atoms with E-state index in [4.69, 9.17) is 14.7 Å². The zero-order valence-electron chi connectivity index (χ0n) is 16.4. The van der Waals surface area contributed by atoms with E-state index >= 15 is 0 Å². The minimum atomic E-state index is 0.756. The molecule has 5 nitrogen and oxygen atoms in total. The SMILES string of the molecule is C[C@@H]1CCCN(c2nc(C[NH+]3CCOCC3)nc3sc4c(c23)CCCC4)C1. The van der Waals surface area contributed by atoms with Crippen molar-refractivity contribution in [3.05, 3.63) is 16.3 Å². The van der Waals surface area contributed by atoms with E-state index in [1.54, 1.807) is 15.3 Å². The van der Waals surface area contributed by atoms with Crippen molar-refractivity contribution in [1.29, 1.82) is 0 Å². The highest BCUT2D eigenvalue weighted by atomic mass is 32.1. The number of thiophene rings is 1. The maximum Gasteiger partial charge on any atom is 0.187 e. The van der Waals surface area contributed by atoms with E-state index in [-0.39, 0.29) is 0 Å². The lowest BCUT2D eigenvalue weighted by Gasteiger charge is -2.33. The second kappa shape index (κ2) is 7.64. The summed E-state index contributed by atoms with van der Waals surface area (Å²) < 4.78 is 5.53. The Hall–Kier alpha value is -1.24. The number of nitrogens with one attached hydrogen (secondary N) is 1. The molecule has 6 heteroatoms. The van der Waals surface area contributed by atoms with E-state index in [0.29, 0.717) is 0 Å². The van der Waals surface area contributed by atoms with E-state index in [1.165, 1.54) is 54.6 Å². The molecule has 0 unspecified atom stereocenters. The Morgan fingerprint density at radius 1 is 1.15 bits per heavy atom. The zero-order valence-corrected chi connectivity index (χ0v) is 17.2. The van der Waals surface area contributed by atoms with Crippen LogP contribution in [-0.4, -0.2) is 49.4 Å². The second-order valence-corrected chi connectivity index (χ2v) is 9.67. The number of hydrogen-bond donors (Lipinski definition) is 1. The lowest BCUT2D eigenvalue weighted by Crippen LogP contribution is -3.12. The van der Waals surface area contributed by atoms with Crippen LogP contribution in [0.15, 0.2) is 0 Å². The molecular formula is C21H31N4OS+. The van der Waals surface area contributed by atoms with Crippen LogP contribution >= 0.6 is 11.3 Å². The van der Waals surface area contributed by atoms with Crippen molar-refractivity contribution in [2.45, 2.75) is 52.0 Å². The van der Waals surface area contributed by atoms with Crippen molar-refractivity contribution < 1.29 is 9.64 Å². The normalized spacial score (nSPS) is 24.3. The molecule has 2 fully saturated rings. The van der Waals surface area contributed by atoms with Crippen LogP contribution in [0.5, 0.6) is 0 Å². The summed E-state index contributed by atoms with van der Waals surface area (Å²) in [7, 11) is 0. The zero-order chi connectivity index (χ0) is 18.2. The minimum absolute atomic E-state index is 0.756. The van der Waals surface area contributed by atoms with E-state index < -0.39 is 0 Å². The molecule has 0 radical (unpaired) electrons. The summed E-state index contributed by atoms with van der Waals surface area (Å²) in [4.78, 5) is 17.2. The van der Waals surface area contributed by atoms with Crippen molar-refractivity contribution in [2.24, 2.45) is 5.92 Å². The Bertz CT molecular complexity index is 814. The number of anilines is 1. The first-order valence-electron chi connectivity index (χ1n) is 10.8. The highest BCUT2D eigenvalue weighted by Gasteiger charge is 2.27. The number of morpholine rings is 1. The number of quaternary nitrogens is 1. The van der Waals surface area contributed by atoms with Crippen LogP contribution in [0.2, 0.25) is 0 Å². The molecule has 0 bridgehead atoms. The van der Waals surface area contributed by atoms with Crippen molar-refractivity contribution >= 4 is 27.4 Å². The van der Waals surface area contributed by atoms with Crippen molar-refractivity contribution in [2.75, 3.05) is 44.3 Å². The van der Waals surface area contributed by atoms with Crippen LogP contribution in [0.25, 0.3) is 10.2 Å². The molecule has 0 spiro atoms. The number of aryl methyl sites for hydroxylation is 2. The Labute approximate surface area is 165 Å². The molecule has 4 heterocycles. The maximum atomic E-state index is 5.53. The Morgan fingerprint density at radius 3 is 2.85 bits per heavy atom. The molecule has 146 valence electrons. The quantitative estimate of drug-likeness (QED) is 0.877. The molecule has 3 aliphatic rings. The van der Waals surface area contributed by atoms with Gasteiger partial charge in [-0.3, -0.25) is 0 Å². The summed E-state index contributed by atoms with van der Waals surface area (Å²) in [5.41, 5.74) is 1.57. The van der Waals surface area contributed by atoms with E-state index in [1.807, 2.05) is 11.3 Å². The monoisotopic (exact) mass is 387 g/mol. The van der Waals surface area contributed by atoms with Gasteiger partial charge in [0.15, 0.2) is 5.82 Å². The van der Waals surface area contributed by atoms with Gasteiger partial charge in [-0.05, 0) is 50.0 Å². The average Bonchev–Trinajstić information content (AvgIpc) is 3.06. The number of fused-ring (bicyclic) bond motifs is 3. The van der Waals surface area contributed by atoms with Gasteiger partial charge in [0.05, 0.1) is 18.6 Å². The van der Waals surface area contributed by atoms with Crippen molar-refractivity contribution in [1.82, 2.24) is 9.97 Å². The predicted octanol–water partition coefficient (Wildman–Crippen LogP) is 2.22. The van der Waals surface area contributed by atoms with Gasteiger partial charge in [-0.25, -0.2) is 9.97 Å². The smallest absolute Gasteiger partial charge is 0.187 e. The first-order valence-corrected chi connectivity index (χ1v) is 11.6. The van der Waals surface area contributed by atoms with Crippen LogP contribution in [0.4, 0.5) is 5.82 Å². The summed E-state index contributed by atoms with van der Waals surface area (Å²) in [5, 5.41) is 1.39. The first-order chi connectivity index (χ1) is 13.3. The Balaban J connectivity index is 1.56. The average molecular weight is 388 g/mol. The molecular weight excluding hydrogens is 356 g/mol. The predicted molar refractivity (Wildman–Crippen MR) is 110 cm³/mol. The molecule has 2 aliphatic heterocycles. The molecule has 2 saturated heterocycles. The van der Waals surface area contributed by atoms with Gasteiger partial charge in [-0.1, -0.05) is 6.92 Å². The fourth-order valence-corrected chi connectivity index (χ4v) is 6.21. The minimum Gasteiger partial charge on any atom is -0.370 e. The van der Waals surface area contributed by atoms with Gasteiger partial charge in [0.25, 0.3) is 0 Å².